The number of aromatic nitrogens is 1. The lowest BCUT2D eigenvalue weighted by Gasteiger charge is -2.08. The molecule has 1 aliphatic heterocycles. The first-order valence-corrected chi connectivity index (χ1v) is 10.5. The Labute approximate surface area is 155 Å². The normalized spacial score (nSPS) is 14.3. The zero-order valence-corrected chi connectivity index (χ0v) is 15.7. The molecule has 1 aliphatic rings. The van der Waals surface area contributed by atoms with Crippen LogP contribution in [0, 0.1) is 0 Å². The Morgan fingerprint density at radius 2 is 2.08 bits per heavy atom. The molecule has 0 radical (unpaired) electrons. The summed E-state index contributed by atoms with van der Waals surface area (Å²) in [6.45, 7) is 2.72. The summed E-state index contributed by atoms with van der Waals surface area (Å²) in [5.41, 5.74) is 1.09. The van der Waals surface area contributed by atoms with Crippen molar-refractivity contribution in [1.82, 2.24) is 10.3 Å². The molecular weight excluding hydrogens is 376 g/mol. The van der Waals surface area contributed by atoms with Crippen LogP contribution in [-0.2, 0) is 21.1 Å². The highest BCUT2D eigenvalue weighted by atomic mass is 32.2. The number of hydrogen-bond donors (Lipinski definition) is 2. The van der Waals surface area contributed by atoms with E-state index in [-0.39, 0.29) is 29.0 Å². The summed E-state index contributed by atoms with van der Waals surface area (Å²) < 4.78 is 23.6. The molecule has 1 aromatic carbocycles. The third kappa shape index (κ3) is 4.02. The SMILES string of the molecule is CCS(=O)(=O)c1ccc(NC(=O)Cc2csc(N3CCNC3=O)n2)cc1. The number of carbonyl (C=O) groups excluding carboxylic acids is 2. The summed E-state index contributed by atoms with van der Waals surface area (Å²) in [5, 5.41) is 7.73. The van der Waals surface area contributed by atoms with Crippen LogP contribution in [0.25, 0.3) is 0 Å². The molecule has 0 aliphatic carbocycles. The molecule has 1 saturated heterocycles. The van der Waals surface area contributed by atoms with Crippen molar-refractivity contribution in [3.8, 4) is 0 Å². The van der Waals surface area contributed by atoms with Gasteiger partial charge in [0.25, 0.3) is 0 Å². The number of benzene rings is 1. The maximum absolute atomic E-state index is 12.2. The van der Waals surface area contributed by atoms with Gasteiger partial charge in [0.05, 0.1) is 22.8 Å². The van der Waals surface area contributed by atoms with Crippen LogP contribution in [-0.4, -0.2) is 44.2 Å². The zero-order chi connectivity index (χ0) is 18.7. The summed E-state index contributed by atoms with van der Waals surface area (Å²) in [7, 11) is -3.26. The van der Waals surface area contributed by atoms with Gasteiger partial charge in [-0.05, 0) is 24.3 Å². The highest BCUT2D eigenvalue weighted by Crippen LogP contribution is 2.22. The van der Waals surface area contributed by atoms with Gasteiger partial charge in [0.15, 0.2) is 15.0 Å². The average molecular weight is 394 g/mol. The monoisotopic (exact) mass is 394 g/mol. The third-order valence-corrected chi connectivity index (χ3v) is 6.51. The molecule has 0 unspecified atom stereocenters. The van der Waals surface area contributed by atoms with Gasteiger partial charge in [-0.15, -0.1) is 11.3 Å². The Morgan fingerprint density at radius 1 is 1.35 bits per heavy atom. The summed E-state index contributed by atoms with van der Waals surface area (Å²) in [5.74, 6) is -0.237. The molecular formula is C16H18N4O4S2. The van der Waals surface area contributed by atoms with Crippen molar-refractivity contribution in [3.63, 3.8) is 0 Å². The molecule has 3 amide bonds. The van der Waals surface area contributed by atoms with Crippen molar-refractivity contribution in [2.75, 3.05) is 29.1 Å². The van der Waals surface area contributed by atoms with Crippen molar-refractivity contribution in [2.24, 2.45) is 0 Å². The van der Waals surface area contributed by atoms with E-state index < -0.39 is 9.84 Å². The van der Waals surface area contributed by atoms with Crippen molar-refractivity contribution in [1.29, 1.82) is 0 Å². The summed E-state index contributed by atoms with van der Waals surface area (Å²) in [6, 6.07) is 5.88. The zero-order valence-electron chi connectivity index (χ0n) is 14.1. The van der Waals surface area contributed by atoms with Gasteiger partial charge < -0.3 is 10.6 Å². The van der Waals surface area contributed by atoms with Crippen LogP contribution in [0.2, 0.25) is 0 Å². The fourth-order valence-corrected chi connectivity index (χ4v) is 4.17. The lowest BCUT2D eigenvalue weighted by molar-refractivity contribution is -0.115. The topological polar surface area (TPSA) is 108 Å². The molecule has 2 heterocycles. The minimum absolute atomic E-state index is 0.0277. The lowest BCUT2D eigenvalue weighted by atomic mass is 10.3. The highest BCUT2D eigenvalue weighted by Gasteiger charge is 2.24. The van der Waals surface area contributed by atoms with E-state index in [0.717, 1.165) is 0 Å². The van der Waals surface area contributed by atoms with Crippen molar-refractivity contribution in [3.05, 3.63) is 35.3 Å². The molecule has 0 saturated carbocycles. The van der Waals surface area contributed by atoms with Gasteiger partial charge in [0.2, 0.25) is 5.91 Å². The minimum atomic E-state index is -3.26. The molecule has 2 N–H and O–H groups in total. The van der Waals surface area contributed by atoms with Gasteiger partial charge in [-0.3, -0.25) is 9.69 Å². The third-order valence-electron chi connectivity index (χ3n) is 3.85. The van der Waals surface area contributed by atoms with Crippen molar-refractivity contribution >= 4 is 43.9 Å². The number of nitrogens with zero attached hydrogens (tertiary/aromatic N) is 2. The maximum Gasteiger partial charge on any atom is 0.323 e. The van der Waals surface area contributed by atoms with Gasteiger partial charge in [0.1, 0.15) is 0 Å². The van der Waals surface area contributed by atoms with Crippen molar-refractivity contribution in [2.45, 2.75) is 18.2 Å². The molecule has 10 heteroatoms. The molecule has 3 rings (SSSR count). The number of anilines is 2. The fourth-order valence-electron chi connectivity index (χ4n) is 2.44. The van der Waals surface area contributed by atoms with E-state index in [9.17, 15) is 18.0 Å². The summed E-state index contributed by atoms with van der Waals surface area (Å²) in [6.07, 6.45) is 0.0704. The second-order valence-electron chi connectivity index (χ2n) is 5.66. The van der Waals surface area contributed by atoms with E-state index in [1.165, 1.54) is 23.5 Å². The fraction of sp³-hybridized carbons (Fsp3) is 0.312. The molecule has 2 aromatic rings. The van der Waals surface area contributed by atoms with E-state index in [2.05, 4.69) is 15.6 Å². The molecule has 138 valence electrons. The molecule has 0 bridgehead atoms. The number of thiazole rings is 1. The number of urea groups is 1. The Morgan fingerprint density at radius 3 is 2.69 bits per heavy atom. The van der Waals surface area contributed by atoms with Crippen LogP contribution in [0.1, 0.15) is 12.6 Å². The molecule has 0 atom stereocenters. The maximum atomic E-state index is 12.2. The molecule has 1 fully saturated rings. The van der Waals surface area contributed by atoms with Gasteiger partial charge in [0, 0.05) is 24.2 Å². The van der Waals surface area contributed by atoms with E-state index in [1.54, 1.807) is 29.3 Å². The quantitative estimate of drug-likeness (QED) is 0.774. The van der Waals surface area contributed by atoms with Gasteiger partial charge in [-0.25, -0.2) is 18.2 Å². The summed E-state index contributed by atoms with van der Waals surface area (Å²) in [4.78, 5) is 29.9. The van der Waals surface area contributed by atoms with Gasteiger partial charge in [-0.1, -0.05) is 6.92 Å². The molecule has 26 heavy (non-hydrogen) atoms. The predicted molar refractivity (Wildman–Crippen MR) is 99.4 cm³/mol. The number of carbonyl (C=O) groups is 2. The standard InChI is InChI=1S/C16H18N4O4S2/c1-2-26(23,24)13-5-3-11(4-6-13)18-14(21)9-12-10-25-16(19-12)20-8-7-17-15(20)22/h3-6,10H,2,7-9H2,1H3,(H,17,22)(H,18,21). The first-order valence-electron chi connectivity index (χ1n) is 8.01. The van der Waals surface area contributed by atoms with Crippen LogP contribution >= 0.6 is 11.3 Å². The van der Waals surface area contributed by atoms with Crippen molar-refractivity contribution < 1.29 is 18.0 Å². The van der Waals surface area contributed by atoms with Gasteiger partial charge >= 0.3 is 6.03 Å². The van der Waals surface area contributed by atoms with E-state index >= 15 is 0 Å². The van der Waals surface area contributed by atoms with Gasteiger partial charge in [-0.2, -0.15) is 0 Å². The second-order valence-corrected chi connectivity index (χ2v) is 8.77. The highest BCUT2D eigenvalue weighted by molar-refractivity contribution is 7.91. The largest absolute Gasteiger partial charge is 0.336 e. The summed E-state index contributed by atoms with van der Waals surface area (Å²) >= 11 is 1.31. The van der Waals surface area contributed by atoms with E-state index in [0.29, 0.717) is 29.6 Å². The number of hydrogen-bond acceptors (Lipinski definition) is 6. The smallest absolute Gasteiger partial charge is 0.323 e. The Bertz CT molecular complexity index is 922. The Balaban J connectivity index is 1.61. The Kier molecular flexibility index (Phi) is 5.23. The molecule has 1 aromatic heterocycles. The number of amides is 3. The molecule has 8 nitrogen and oxygen atoms in total. The Hall–Kier alpha value is -2.46. The number of sulfone groups is 1. The van der Waals surface area contributed by atoms with Crippen LogP contribution < -0.4 is 15.5 Å². The minimum Gasteiger partial charge on any atom is -0.336 e. The van der Waals surface area contributed by atoms with Crippen LogP contribution in [0.3, 0.4) is 0 Å². The first kappa shape index (κ1) is 18.3. The van der Waals surface area contributed by atoms with E-state index in [1.807, 2.05) is 0 Å². The first-order chi connectivity index (χ1) is 12.4. The lowest BCUT2D eigenvalue weighted by Crippen LogP contribution is -2.27. The van der Waals surface area contributed by atoms with E-state index in [4.69, 9.17) is 0 Å². The van der Waals surface area contributed by atoms with Crippen LogP contribution in [0.4, 0.5) is 15.6 Å². The second kappa shape index (κ2) is 7.42. The van der Waals surface area contributed by atoms with Crippen LogP contribution in [0.15, 0.2) is 34.5 Å². The number of nitrogens with one attached hydrogen (secondary N) is 2. The predicted octanol–water partition coefficient (Wildman–Crippen LogP) is 1.65. The molecule has 0 spiro atoms. The van der Waals surface area contributed by atoms with Crippen LogP contribution in [0.5, 0.6) is 0 Å². The number of rotatable bonds is 6. The average Bonchev–Trinajstić information content (AvgIpc) is 3.24.